The largest absolute Gasteiger partial charge is 0.396 e. The molecule has 0 saturated carbocycles. The molecule has 7 nitrogen and oxygen atoms in total. The van der Waals surface area contributed by atoms with Crippen molar-refractivity contribution in [1.29, 1.82) is 0 Å². The molecule has 4 unspecified atom stereocenters. The fourth-order valence-electron chi connectivity index (χ4n) is 2.89. The van der Waals surface area contributed by atoms with Crippen LogP contribution in [0.15, 0.2) is 0 Å². The molecule has 19 heavy (non-hydrogen) atoms. The van der Waals surface area contributed by atoms with Crippen LogP contribution >= 0.6 is 0 Å². The molecule has 1 aliphatic rings. The van der Waals surface area contributed by atoms with Gasteiger partial charge in [-0.25, -0.2) is 0 Å². The van der Waals surface area contributed by atoms with Gasteiger partial charge in [-0.3, -0.25) is 0 Å². The van der Waals surface area contributed by atoms with Crippen LogP contribution in [0.5, 0.6) is 0 Å². The molecule has 0 amide bonds. The molecule has 114 valence electrons. The maximum atomic E-state index is 10.5. The van der Waals surface area contributed by atoms with Gasteiger partial charge in [-0.2, -0.15) is 0 Å². The topological polar surface area (TPSA) is 131 Å². The van der Waals surface area contributed by atoms with Gasteiger partial charge in [0.05, 0.1) is 19.3 Å². The van der Waals surface area contributed by atoms with Gasteiger partial charge < -0.3 is 35.4 Å². The molecular weight excluding hydrogens is 256 g/mol. The van der Waals surface area contributed by atoms with Crippen LogP contribution in [0.1, 0.15) is 20.3 Å². The normalized spacial score (nSPS) is 35.8. The minimum absolute atomic E-state index is 0.132. The van der Waals surface area contributed by atoms with Crippen LogP contribution in [0.3, 0.4) is 0 Å². The third kappa shape index (κ3) is 2.52. The van der Waals surface area contributed by atoms with Crippen molar-refractivity contribution in [2.45, 2.75) is 43.9 Å². The standard InChI is InChI=1S/C12H24O7/c1-7(2)10-8(5-14)19-12(10,18)11(17,3-4-13)9(16)6-15/h7-10,13-18H,3-6H2,1-2H3/t8?,9?,10?,11-,12?/m0/s1. The quantitative estimate of drug-likeness (QED) is 0.312. The lowest BCUT2D eigenvalue weighted by atomic mass is 9.67. The zero-order chi connectivity index (χ0) is 14.8. The van der Waals surface area contributed by atoms with Crippen molar-refractivity contribution in [1.82, 2.24) is 0 Å². The van der Waals surface area contributed by atoms with Crippen LogP contribution in [0.25, 0.3) is 0 Å². The third-order valence-corrected chi connectivity index (χ3v) is 3.92. The Hall–Kier alpha value is -0.280. The lowest BCUT2D eigenvalue weighted by Crippen LogP contribution is -2.77. The van der Waals surface area contributed by atoms with Crippen molar-refractivity contribution in [3.63, 3.8) is 0 Å². The molecule has 1 saturated heterocycles. The van der Waals surface area contributed by atoms with Gasteiger partial charge in [0.15, 0.2) is 0 Å². The number of aliphatic hydroxyl groups is 6. The molecule has 1 rings (SSSR count). The van der Waals surface area contributed by atoms with Gasteiger partial charge in [0.25, 0.3) is 0 Å². The van der Waals surface area contributed by atoms with Gasteiger partial charge in [0.2, 0.25) is 5.79 Å². The molecule has 1 fully saturated rings. The summed E-state index contributed by atoms with van der Waals surface area (Å²) in [5.74, 6) is -2.86. The van der Waals surface area contributed by atoms with Crippen LogP contribution in [0, 0.1) is 11.8 Å². The molecule has 0 bridgehead atoms. The summed E-state index contributed by atoms with van der Waals surface area (Å²) < 4.78 is 5.16. The number of hydrogen-bond acceptors (Lipinski definition) is 7. The highest BCUT2D eigenvalue weighted by Crippen LogP contribution is 2.50. The second kappa shape index (κ2) is 6.01. The fraction of sp³-hybridized carbons (Fsp3) is 1.00. The zero-order valence-corrected chi connectivity index (χ0v) is 11.2. The van der Waals surface area contributed by atoms with Crippen LogP contribution in [0.2, 0.25) is 0 Å². The van der Waals surface area contributed by atoms with E-state index in [0.717, 1.165) is 0 Å². The van der Waals surface area contributed by atoms with E-state index < -0.39 is 42.7 Å². The maximum absolute atomic E-state index is 10.5. The summed E-state index contributed by atoms with van der Waals surface area (Å²) in [6.07, 6.45) is -2.67. The van der Waals surface area contributed by atoms with Gasteiger partial charge in [-0.05, 0) is 5.92 Å². The SMILES string of the molecule is CC(C)C1C(CO)OC1(O)[C@](O)(CCO)C(O)CO. The van der Waals surface area contributed by atoms with Crippen molar-refractivity contribution in [2.24, 2.45) is 11.8 Å². The highest BCUT2D eigenvalue weighted by Gasteiger charge is 2.68. The molecule has 5 atom stereocenters. The smallest absolute Gasteiger partial charge is 0.203 e. The third-order valence-electron chi connectivity index (χ3n) is 3.92. The summed E-state index contributed by atoms with van der Waals surface area (Å²) in [5, 5.41) is 57.9. The van der Waals surface area contributed by atoms with Gasteiger partial charge in [-0.1, -0.05) is 13.8 Å². The molecule has 0 aromatic carbocycles. The highest BCUT2D eigenvalue weighted by atomic mass is 16.7. The van der Waals surface area contributed by atoms with Crippen LogP contribution in [-0.2, 0) is 4.74 Å². The van der Waals surface area contributed by atoms with Gasteiger partial charge >= 0.3 is 0 Å². The molecule has 1 aliphatic heterocycles. The van der Waals surface area contributed by atoms with E-state index in [-0.39, 0.29) is 18.9 Å². The molecule has 1 heterocycles. The second-order valence-electron chi connectivity index (χ2n) is 5.40. The van der Waals surface area contributed by atoms with Gasteiger partial charge in [0.1, 0.15) is 11.7 Å². The average molecular weight is 280 g/mol. The van der Waals surface area contributed by atoms with Crippen molar-refractivity contribution in [3.8, 4) is 0 Å². The van der Waals surface area contributed by atoms with Crippen LogP contribution in [0.4, 0.5) is 0 Å². The van der Waals surface area contributed by atoms with E-state index in [2.05, 4.69) is 0 Å². The molecule has 0 spiro atoms. The van der Waals surface area contributed by atoms with Crippen molar-refractivity contribution >= 4 is 0 Å². The first-order chi connectivity index (χ1) is 8.78. The fourth-order valence-corrected chi connectivity index (χ4v) is 2.89. The van der Waals surface area contributed by atoms with E-state index in [1.54, 1.807) is 13.8 Å². The summed E-state index contributed by atoms with van der Waals surface area (Å²) in [6, 6.07) is 0. The number of ether oxygens (including phenoxy) is 1. The van der Waals surface area contributed by atoms with Crippen molar-refractivity contribution < 1.29 is 35.4 Å². The van der Waals surface area contributed by atoms with Crippen LogP contribution in [-0.4, -0.2) is 74.1 Å². The Morgan fingerprint density at radius 1 is 1.26 bits per heavy atom. The predicted octanol–water partition coefficient (Wildman–Crippen LogP) is -2.19. The van der Waals surface area contributed by atoms with E-state index in [1.807, 2.05) is 0 Å². The van der Waals surface area contributed by atoms with Crippen molar-refractivity contribution in [3.05, 3.63) is 0 Å². The van der Waals surface area contributed by atoms with E-state index in [1.165, 1.54) is 0 Å². The number of hydrogen-bond donors (Lipinski definition) is 6. The summed E-state index contributed by atoms with van der Waals surface area (Å²) >= 11 is 0. The molecule has 0 aliphatic carbocycles. The Kier molecular flexibility index (Phi) is 5.30. The maximum Gasteiger partial charge on any atom is 0.203 e. The monoisotopic (exact) mass is 280 g/mol. The molecule has 7 heteroatoms. The van der Waals surface area contributed by atoms with E-state index >= 15 is 0 Å². The summed E-state index contributed by atoms with van der Waals surface area (Å²) in [5.41, 5.74) is -2.20. The Morgan fingerprint density at radius 3 is 2.21 bits per heavy atom. The highest BCUT2D eigenvalue weighted by molar-refractivity contribution is 5.10. The molecule has 0 radical (unpaired) electrons. The van der Waals surface area contributed by atoms with Crippen molar-refractivity contribution in [2.75, 3.05) is 19.8 Å². The molecule has 6 N–H and O–H groups in total. The summed E-state index contributed by atoms with van der Waals surface area (Å²) in [6.45, 7) is 1.97. The Balaban J connectivity index is 3.07. The molecular formula is C12H24O7. The predicted molar refractivity (Wildman–Crippen MR) is 65.0 cm³/mol. The van der Waals surface area contributed by atoms with Crippen LogP contribution < -0.4 is 0 Å². The molecule has 0 aromatic rings. The van der Waals surface area contributed by atoms with E-state index in [9.17, 15) is 15.3 Å². The first-order valence-corrected chi connectivity index (χ1v) is 6.41. The van der Waals surface area contributed by atoms with E-state index in [4.69, 9.17) is 20.1 Å². The number of aliphatic hydroxyl groups excluding tert-OH is 4. The lowest BCUT2D eigenvalue weighted by Gasteiger charge is -2.60. The van der Waals surface area contributed by atoms with Gasteiger partial charge in [-0.15, -0.1) is 0 Å². The first-order valence-electron chi connectivity index (χ1n) is 6.41. The zero-order valence-electron chi connectivity index (χ0n) is 11.2. The summed E-state index contributed by atoms with van der Waals surface area (Å²) in [4.78, 5) is 0. The van der Waals surface area contributed by atoms with E-state index in [0.29, 0.717) is 0 Å². The number of rotatable bonds is 7. The average Bonchev–Trinajstić information content (AvgIpc) is 2.33. The minimum Gasteiger partial charge on any atom is -0.396 e. The first kappa shape index (κ1) is 16.8. The lowest BCUT2D eigenvalue weighted by molar-refractivity contribution is -0.448. The Morgan fingerprint density at radius 2 is 1.84 bits per heavy atom. The Bertz CT molecular complexity index is 298. The Labute approximate surface area is 112 Å². The second-order valence-corrected chi connectivity index (χ2v) is 5.40. The minimum atomic E-state index is -2.20. The summed E-state index contributed by atoms with van der Waals surface area (Å²) in [7, 11) is 0. The van der Waals surface area contributed by atoms with Gasteiger partial charge in [0, 0.05) is 18.9 Å². The molecule has 0 aromatic heterocycles.